The maximum Gasteiger partial charge on any atom is 0.230 e. The van der Waals surface area contributed by atoms with Gasteiger partial charge in [-0.05, 0) is 29.5 Å². The van der Waals surface area contributed by atoms with Crippen LogP contribution in [0.2, 0.25) is 0 Å². The van der Waals surface area contributed by atoms with E-state index in [0.717, 1.165) is 33.0 Å². The summed E-state index contributed by atoms with van der Waals surface area (Å²) in [4.78, 5) is 0.922. The van der Waals surface area contributed by atoms with Gasteiger partial charge >= 0.3 is 0 Å². The Morgan fingerprint density at radius 2 is 2.05 bits per heavy atom. The summed E-state index contributed by atoms with van der Waals surface area (Å²) in [5, 5.41) is 6.07. The second kappa shape index (κ2) is 5.02. The summed E-state index contributed by atoms with van der Waals surface area (Å²) < 4.78 is 10.6. The first-order valence-electron chi connectivity index (χ1n) is 6.15. The first-order chi connectivity index (χ1) is 9.72. The third-order valence-electron chi connectivity index (χ3n) is 3.20. The molecular formula is C15H14N2O2S. The summed E-state index contributed by atoms with van der Waals surface area (Å²) in [7, 11) is 1.64. The van der Waals surface area contributed by atoms with E-state index in [9.17, 15) is 0 Å². The van der Waals surface area contributed by atoms with Crippen molar-refractivity contribution in [2.75, 3.05) is 12.8 Å². The van der Waals surface area contributed by atoms with E-state index in [1.165, 1.54) is 0 Å². The molecule has 2 heterocycles. The zero-order valence-electron chi connectivity index (χ0n) is 11.2. The van der Waals surface area contributed by atoms with Crippen LogP contribution in [0.25, 0.3) is 21.7 Å². The van der Waals surface area contributed by atoms with Crippen LogP contribution in [-0.4, -0.2) is 12.3 Å². The van der Waals surface area contributed by atoms with Gasteiger partial charge < -0.3 is 15.0 Å². The molecular weight excluding hydrogens is 272 g/mol. The van der Waals surface area contributed by atoms with E-state index >= 15 is 0 Å². The van der Waals surface area contributed by atoms with E-state index in [-0.39, 0.29) is 0 Å². The number of benzene rings is 1. The van der Waals surface area contributed by atoms with Crippen LogP contribution >= 0.6 is 11.3 Å². The van der Waals surface area contributed by atoms with Gasteiger partial charge in [0, 0.05) is 0 Å². The SMILES string of the molecule is COc1ccsc1-c1noc(N)c1-c1ccccc1C. The normalized spacial score (nSPS) is 10.7. The van der Waals surface area contributed by atoms with E-state index < -0.39 is 0 Å². The van der Waals surface area contributed by atoms with Gasteiger partial charge in [0.2, 0.25) is 5.88 Å². The largest absolute Gasteiger partial charge is 0.495 e. The number of methoxy groups -OCH3 is 1. The molecule has 0 fully saturated rings. The van der Waals surface area contributed by atoms with Crippen LogP contribution in [0.15, 0.2) is 40.2 Å². The molecule has 102 valence electrons. The molecule has 2 aromatic heterocycles. The molecule has 0 radical (unpaired) electrons. The van der Waals surface area contributed by atoms with Crippen molar-refractivity contribution in [3.8, 4) is 27.4 Å². The number of rotatable bonds is 3. The smallest absolute Gasteiger partial charge is 0.230 e. The van der Waals surface area contributed by atoms with E-state index in [0.29, 0.717) is 5.88 Å². The van der Waals surface area contributed by atoms with Crippen LogP contribution in [0.1, 0.15) is 5.56 Å². The molecule has 0 spiro atoms. The van der Waals surface area contributed by atoms with Crippen molar-refractivity contribution in [1.29, 1.82) is 0 Å². The number of nitrogens with two attached hydrogens (primary N) is 1. The third kappa shape index (κ3) is 1.96. The van der Waals surface area contributed by atoms with E-state index in [2.05, 4.69) is 5.16 Å². The molecule has 4 nitrogen and oxygen atoms in total. The maximum absolute atomic E-state index is 5.97. The van der Waals surface area contributed by atoms with Crippen LogP contribution in [0.5, 0.6) is 5.75 Å². The van der Waals surface area contributed by atoms with Gasteiger partial charge in [-0.25, -0.2) is 0 Å². The Morgan fingerprint density at radius 1 is 1.25 bits per heavy atom. The van der Waals surface area contributed by atoms with Gasteiger partial charge in [0.15, 0.2) is 0 Å². The molecule has 0 saturated carbocycles. The fraction of sp³-hybridized carbons (Fsp3) is 0.133. The van der Waals surface area contributed by atoms with Crippen molar-refractivity contribution in [3.63, 3.8) is 0 Å². The average Bonchev–Trinajstić information content (AvgIpc) is 3.05. The molecule has 2 N–H and O–H groups in total. The second-order valence-corrected chi connectivity index (χ2v) is 5.32. The number of hydrogen-bond acceptors (Lipinski definition) is 5. The monoisotopic (exact) mass is 286 g/mol. The average molecular weight is 286 g/mol. The van der Waals surface area contributed by atoms with Crippen molar-refractivity contribution in [3.05, 3.63) is 41.3 Å². The summed E-state index contributed by atoms with van der Waals surface area (Å²) in [6.07, 6.45) is 0. The lowest BCUT2D eigenvalue weighted by atomic mass is 10.00. The topological polar surface area (TPSA) is 61.3 Å². The molecule has 20 heavy (non-hydrogen) atoms. The molecule has 0 aliphatic carbocycles. The molecule has 0 saturated heterocycles. The van der Waals surface area contributed by atoms with Gasteiger partial charge in [0.05, 0.1) is 17.6 Å². The first-order valence-corrected chi connectivity index (χ1v) is 7.03. The Kier molecular flexibility index (Phi) is 3.20. The number of anilines is 1. The lowest BCUT2D eigenvalue weighted by molar-refractivity contribution is 0.416. The number of nitrogen functional groups attached to an aromatic ring is 1. The fourth-order valence-electron chi connectivity index (χ4n) is 2.20. The zero-order chi connectivity index (χ0) is 14.1. The molecule has 0 aliphatic rings. The predicted octanol–water partition coefficient (Wildman–Crippen LogP) is 3.97. The Balaban J connectivity index is 2.23. The highest BCUT2D eigenvalue weighted by Gasteiger charge is 2.22. The van der Waals surface area contributed by atoms with Crippen LogP contribution in [0, 0.1) is 6.92 Å². The third-order valence-corrected chi connectivity index (χ3v) is 4.10. The molecule has 3 rings (SSSR count). The number of aromatic nitrogens is 1. The van der Waals surface area contributed by atoms with Crippen molar-refractivity contribution < 1.29 is 9.26 Å². The molecule has 0 bridgehead atoms. The van der Waals surface area contributed by atoms with Gasteiger partial charge in [0.25, 0.3) is 0 Å². The molecule has 0 unspecified atom stereocenters. The van der Waals surface area contributed by atoms with Crippen molar-refractivity contribution >= 4 is 17.2 Å². The first kappa shape index (κ1) is 12.7. The summed E-state index contributed by atoms with van der Waals surface area (Å²) in [6.45, 7) is 2.04. The Labute approximate surface area is 120 Å². The quantitative estimate of drug-likeness (QED) is 0.791. The summed E-state index contributed by atoms with van der Waals surface area (Å²) in [6, 6.07) is 9.93. The number of ether oxygens (including phenoxy) is 1. The highest BCUT2D eigenvalue weighted by Crippen LogP contribution is 2.43. The Bertz CT molecular complexity index is 746. The molecule has 0 atom stereocenters. The number of thiophene rings is 1. The van der Waals surface area contributed by atoms with E-state index in [4.69, 9.17) is 15.0 Å². The summed E-state index contributed by atoms with van der Waals surface area (Å²) in [5.41, 5.74) is 9.67. The standard InChI is InChI=1S/C15H14N2O2S/c1-9-5-3-4-6-10(9)12-13(17-19-15(12)16)14-11(18-2)7-8-20-14/h3-8H,16H2,1-2H3. The van der Waals surface area contributed by atoms with E-state index in [1.54, 1.807) is 18.4 Å². The van der Waals surface area contributed by atoms with Crippen LogP contribution in [0.4, 0.5) is 5.88 Å². The van der Waals surface area contributed by atoms with Crippen molar-refractivity contribution in [2.45, 2.75) is 6.92 Å². The van der Waals surface area contributed by atoms with Gasteiger partial charge in [-0.15, -0.1) is 11.3 Å². The molecule has 0 aliphatic heterocycles. The molecule has 5 heteroatoms. The lowest BCUT2D eigenvalue weighted by Crippen LogP contribution is -1.90. The number of hydrogen-bond donors (Lipinski definition) is 1. The second-order valence-electron chi connectivity index (χ2n) is 4.40. The van der Waals surface area contributed by atoms with Crippen LogP contribution in [0.3, 0.4) is 0 Å². The minimum absolute atomic E-state index is 0.324. The number of nitrogens with zero attached hydrogens (tertiary/aromatic N) is 1. The molecule has 0 amide bonds. The highest BCUT2D eigenvalue weighted by atomic mass is 32.1. The molecule has 1 aromatic carbocycles. The van der Waals surface area contributed by atoms with E-state index in [1.807, 2.05) is 42.6 Å². The fourth-order valence-corrected chi connectivity index (χ4v) is 3.05. The highest BCUT2D eigenvalue weighted by molar-refractivity contribution is 7.14. The minimum atomic E-state index is 0.324. The summed E-state index contributed by atoms with van der Waals surface area (Å²) >= 11 is 1.55. The van der Waals surface area contributed by atoms with Gasteiger partial charge in [0.1, 0.15) is 11.4 Å². The Morgan fingerprint density at radius 3 is 2.80 bits per heavy atom. The maximum atomic E-state index is 5.97. The lowest BCUT2D eigenvalue weighted by Gasteiger charge is -2.06. The summed E-state index contributed by atoms with van der Waals surface area (Å²) in [5.74, 6) is 1.10. The minimum Gasteiger partial charge on any atom is -0.495 e. The predicted molar refractivity (Wildman–Crippen MR) is 81.0 cm³/mol. The van der Waals surface area contributed by atoms with Crippen molar-refractivity contribution in [1.82, 2.24) is 5.16 Å². The van der Waals surface area contributed by atoms with Gasteiger partial charge in [-0.3, -0.25) is 0 Å². The number of aryl methyl sites for hydroxylation is 1. The van der Waals surface area contributed by atoms with Crippen LogP contribution < -0.4 is 10.5 Å². The molecule has 3 aromatic rings. The Hall–Kier alpha value is -2.27. The van der Waals surface area contributed by atoms with Gasteiger partial charge in [-0.2, -0.15) is 0 Å². The van der Waals surface area contributed by atoms with Gasteiger partial charge in [-0.1, -0.05) is 29.4 Å². The van der Waals surface area contributed by atoms with Crippen molar-refractivity contribution in [2.24, 2.45) is 0 Å². The van der Waals surface area contributed by atoms with Crippen LogP contribution in [-0.2, 0) is 0 Å². The zero-order valence-corrected chi connectivity index (χ0v) is 12.0.